The number of ether oxygens (including phenoxy) is 1. The highest BCUT2D eigenvalue weighted by Crippen LogP contribution is 2.30. The molecule has 7 heteroatoms. The van der Waals surface area contributed by atoms with Crippen molar-refractivity contribution in [1.82, 2.24) is 15.1 Å². The second-order valence-electron chi connectivity index (χ2n) is 3.90. The van der Waals surface area contributed by atoms with Crippen molar-refractivity contribution in [3.63, 3.8) is 0 Å². The van der Waals surface area contributed by atoms with E-state index in [2.05, 4.69) is 10.4 Å². The quantitative estimate of drug-likeness (QED) is 0.766. The van der Waals surface area contributed by atoms with Crippen LogP contribution in [0.5, 0.6) is 0 Å². The van der Waals surface area contributed by atoms with E-state index in [1.54, 1.807) is 0 Å². The van der Waals surface area contributed by atoms with Crippen LogP contribution in [0.3, 0.4) is 0 Å². The number of nitrogens with one attached hydrogen (secondary N) is 1. The van der Waals surface area contributed by atoms with Gasteiger partial charge in [0.15, 0.2) is 5.69 Å². The van der Waals surface area contributed by atoms with Gasteiger partial charge in [-0.25, -0.2) is 0 Å². The number of hydrogen-bond acceptors (Lipinski definition) is 3. The van der Waals surface area contributed by atoms with Gasteiger partial charge in [-0.3, -0.25) is 4.68 Å². The normalized spacial score (nSPS) is 12.1. The van der Waals surface area contributed by atoms with Crippen molar-refractivity contribution >= 4 is 0 Å². The second-order valence-corrected chi connectivity index (χ2v) is 3.90. The molecule has 1 aromatic rings. The molecule has 0 amide bonds. The number of aryl methyl sites for hydroxylation is 1. The Balaban J connectivity index is 2.42. The summed E-state index contributed by atoms with van der Waals surface area (Å²) in [6, 6.07) is 0. The molecule has 0 aliphatic heterocycles. The average molecular weight is 265 g/mol. The highest BCUT2D eigenvalue weighted by molar-refractivity contribution is 5.19. The van der Waals surface area contributed by atoms with E-state index in [4.69, 9.17) is 4.74 Å². The van der Waals surface area contributed by atoms with Crippen LogP contribution < -0.4 is 5.32 Å². The molecule has 0 spiro atoms. The van der Waals surface area contributed by atoms with Crippen molar-refractivity contribution in [2.45, 2.75) is 26.1 Å². The monoisotopic (exact) mass is 265 g/mol. The maximum atomic E-state index is 12.6. The summed E-state index contributed by atoms with van der Waals surface area (Å²) in [5.41, 5.74) is -0.649. The van der Waals surface area contributed by atoms with Gasteiger partial charge in [0.2, 0.25) is 0 Å². The molecule has 0 fully saturated rings. The molecule has 0 aliphatic rings. The number of nitrogens with zero attached hydrogens (tertiary/aromatic N) is 2. The van der Waals surface area contributed by atoms with E-state index in [0.717, 1.165) is 6.42 Å². The van der Waals surface area contributed by atoms with E-state index in [0.29, 0.717) is 19.8 Å². The van der Waals surface area contributed by atoms with Crippen molar-refractivity contribution in [1.29, 1.82) is 0 Å². The molecule has 0 unspecified atom stereocenters. The van der Waals surface area contributed by atoms with Gasteiger partial charge in [0.1, 0.15) is 0 Å². The third kappa shape index (κ3) is 4.66. The minimum Gasteiger partial charge on any atom is -0.382 e. The third-order valence-corrected chi connectivity index (χ3v) is 2.33. The predicted octanol–water partition coefficient (Wildman–Crippen LogP) is 1.96. The van der Waals surface area contributed by atoms with Crippen molar-refractivity contribution in [2.75, 3.05) is 19.8 Å². The lowest BCUT2D eigenvalue weighted by molar-refractivity contribution is -0.142. The summed E-state index contributed by atoms with van der Waals surface area (Å²) in [6.07, 6.45) is -2.24. The number of aromatic nitrogens is 2. The molecule has 18 heavy (non-hydrogen) atoms. The minimum absolute atomic E-state index is 0.162. The summed E-state index contributed by atoms with van der Waals surface area (Å²) in [4.78, 5) is 0. The fraction of sp³-hybridized carbons (Fsp3) is 0.727. The van der Waals surface area contributed by atoms with Crippen molar-refractivity contribution in [2.24, 2.45) is 7.05 Å². The van der Waals surface area contributed by atoms with Gasteiger partial charge >= 0.3 is 6.18 Å². The molecular weight excluding hydrogens is 247 g/mol. The first-order valence-electron chi connectivity index (χ1n) is 5.83. The first-order valence-corrected chi connectivity index (χ1v) is 5.83. The molecule has 0 aliphatic carbocycles. The average Bonchev–Trinajstić information content (AvgIpc) is 2.64. The third-order valence-electron chi connectivity index (χ3n) is 2.33. The molecule has 0 bridgehead atoms. The lowest BCUT2D eigenvalue weighted by Crippen LogP contribution is -2.19. The minimum atomic E-state index is -4.40. The zero-order chi connectivity index (χ0) is 13.6. The van der Waals surface area contributed by atoms with Gasteiger partial charge in [-0.15, -0.1) is 0 Å². The smallest absolute Gasteiger partial charge is 0.382 e. The van der Waals surface area contributed by atoms with Gasteiger partial charge in [-0.05, 0) is 19.9 Å². The van der Waals surface area contributed by atoms with Gasteiger partial charge in [0.05, 0.1) is 0 Å². The van der Waals surface area contributed by atoms with Crippen LogP contribution in [0, 0.1) is 0 Å². The summed E-state index contributed by atoms with van der Waals surface area (Å²) in [7, 11) is 1.48. The fourth-order valence-electron chi connectivity index (χ4n) is 1.57. The molecule has 0 radical (unpaired) electrons. The van der Waals surface area contributed by atoms with Crippen LogP contribution in [0.25, 0.3) is 0 Å². The molecule has 0 saturated heterocycles. The number of rotatable bonds is 7. The molecule has 1 rings (SSSR count). The molecule has 4 nitrogen and oxygen atoms in total. The second kappa shape index (κ2) is 6.75. The van der Waals surface area contributed by atoms with Gasteiger partial charge in [0.25, 0.3) is 0 Å². The largest absolute Gasteiger partial charge is 0.435 e. The van der Waals surface area contributed by atoms with Gasteiger partial charge in [-0.2, -0.15) is 18.3 Å². The summed E-state index contributed by atoms with van der Waals surface area (Å²) in [5.74, 6) is 0. The van der Waals surface area contributed by atoms with E-state index in [-0.39, 0.29) is 12.1 Å². The number of hydrogen-bond donors (Lipinski definition) is 1. The first-order chi connectivity index (χ1) is 8.45. The lowest BCUT2D eigenvalue weighted by atomic mass is 10.2. The van der Waals surface area contributed by atoms with Crippen molar-refractivity contribution < 1.29 is 17.9 Å². The Morgan fingerprint density at radius 3 is 2.78 bits per heavy atom. The predicted molar refractivity (Wildman–Crippen MR) is 61.0 cm³/mol. The SMILES string of the molecule is CCOCCCNCc1cn(C)nc1C(F)(F)F. The summed E-state index contributed by atoms with van der Waals surface area (Å²) in [5, 5.41) is 6.39. The van der Waals surface area contributed by atoms with Crippen LogP contribution in [0.15, 0.2) is 6.20 Å². The van der Waals surface area contributed by atoms with Crippen molar-refractivity contribution in [3.8, 4) is 0 Å². The van der Waals surface area contributed by atoms with Crippen LogP contribution in [0.1, 0.15) is 24.6 Å². The molecule has 1 N–H and O–H groups in total. The number of halogens is 3. The van der Waals surface area contributed by atoms with E-state index >= 15 is 0 Å². The zero-order valence-electron chi connectivity index (χ0n) is 10.5. The van der Waals surface area contributed by atoms with Crippen molar-refractivity contribution in [3.05, 3.63) is 17.5 Å². The molecule has 1 heterocycles. The highest BCUT2D eigenvalue weighted by Gasteiger charge is 2.36. The maximum absolute atomic E-state index is 12.6. The molecule has 1 aromatic heterocycles. The number of alkyl halides is 3. The van der Waals surface area contributed by atoms with E-state index in [9.17, 15) is 13.2 Å². The highest BCUT2D eigenvalue weighted by atomic mass is 19.4. The Morgan fingerprint density at radius 2 is 2.17 bits per heavy atom. The van der Waals surface area contributed by atoms with Crippen LogP contribution in [-0.4, -0.2) is 29.5 Å². The molecule has 0 saturated carbocycles. The standard InChI is InChI=1S/C11H18F3N3O/c1-3-18-6-4-5-15-7-9-8-17(2)16-10(9)11(12,13)14/h8,15H,3-7H2,1-2H3. The molecule has 0 aromatic carbocycles. The van der Waals surface area contributed by atoms with E-state index in [1.165, 1.54) is 17.9 Å². The van der Waals surface area contributed by atoms with Crippen LogP contribution in [-0.2, 0) is 24.5 Å². The Labute approximate surface area is 104 Å². The van der Waals surface area contributed by atoms with E-state index < -0.39 is 11.9 Å². The van der Waals surface area contributed by atoms with E-state index in [1.807, 2.05) is 6.92 Å². The summed E-state index contributed by atoms with van der Waals surface area (Å²) >= 11 is 0. The van der Waals surface area contributed by atoms with Crippen LogP contribution in [0.2, 0.25) is 0 Å². The molecule has 0 atom stereocenters. The first kappa shape index (κ1) is 15.0. The zero-order valence-corrected chi connectivity index (χ0v) is 10.5. The molecule has 104 valence electrons. The Kier molecular flexibility index (Phi) is 5.61. The Morgan fingerprint density at radius 1 is 1.44 bits per heavy atom. The molecular formula is C11H18F3N3O. The topological polar surface area (TPSA) is 39.1 Å². The summed E-state index contributed by atoms with van der Waals surface area (Å²) < 4.78 is 44.2. The lowest BCUT2D eigenvalue weighted by Gasteiger charge is -2.07. The van der Waals surface area contributed by atoms with Gasteiger partial charge in [-0.1, -0.05) is 0 Å². The van der Waals surface area contributed by atoms with Crippen LogP contribution in [0.4, 0.5) is 13.2 Å². The van der Waals surface area contributed by atoms with Gasteiger partial charge < -0.3 is 10.1 Å². The fourth-order valence-corrected chi connectivity index (χ4v) is 1.57. The maximum Gasteiger partial charge on any atom is 0.435 e. The Hall–Kier alpha value is -1.08. The Bertz CT molecular complexity index is 363. The van der Waals surface area contributed by atoms with Gasteiger partial charge in [0, 0.05) is 38.6 Å². The summed E-state index contributed by atoms with van der Waals surface area (Å²) in [6.45, 7) is 3.95. The van der Waals surface area contributed by atoms with Crippen LogP contribution >= 0.6 is 0 Å².